The van der Waals surface area contributed by atoms with E-state index in [1.54, 1.807) is 0 Å². The fourth-order valence-electron chi connectivity index (χ4n) is 3.49. The van der Waals surface area contributed by atoms with Gasteiger partial charge in [0.05, 0.1) is 11.4 Å². The Morgan fingerprint density at radius 1 is 0.630 bits per heavy atom. The van der Waals surface area contributed by atoms with Crippen molar-refractivity contribution in [2.24, 2.45) is 9.98 Å². The van der Waals surface area contributed by atoms with Gasteiger partial charge < -0.3 is 0 Å². The summed E-state index contributed by atoms with van der Waals surface area (Å²) >= 11 is 1.88. The van der Waals surface area contributed by atoms with Crippen molar-refractivity contribution in [3.05, 3.63) is 57.6 Å². The summed E-state index contributed by atoms with van der Waals surface area (Å²) in [4.78, 5) is 9.75. The third-order valence-electron chi connectivity index (χ3n) is 4.50. The monoisotopic (exact) mass is 380 g/mol. The minimum absolute atomic E-state index is 0.922. The first-order valence-electron chi connectivity index (χ1n) is 9.49. The molecule has 0 saturated heterocycles. The summed E-state index contributed by atoms with van der Waals surface area (Å²) in [5.74, 6) is 1.84. The van der Waals surface area contributed by atoms with Crippen molar-refractivity contribution in [2.45, 2.75) is 55.4 Å². The van der Waals surface area contributed by atoms with Crippen LogP contribution in [0.5, 0.6) is 0 Å². The fraction of sp³-hybridized carbons (Fsp3) is 0.417. The van der Waals surface area contributed by atoms with Gasteiger partial charge in [-0.3, -0.25) is 9.98 Å². The van der Waals surface area contributed by atoms with Gasteiger partial charge in [-0.1, -0.05) is 35.4 Å². The van der Waals surface area contributed by atoms with E-state index in [0.29, 0.717) is 0 Å². The molecule has 0 aromatic heterocycles. The molecular weight excluding hydrogens is 348 g/mol. The Balaban J connectivity index is 2.02. The Bertz CT molecular complexity index is 772. The van der Waals surface area contributed by atoms with Crippen molar-refractivity contribution in [2.75, 3.05) is 11.5 Å². The quantitative estimate of drug-likeness (QED) is 0.488. The van der Waals surface area contributed by atoms with E-state index in [0.717, 1.165) is 34.3 Å². The molecule has 0 N–H and O–H groups in total. The first-order chi connectivity index (χ1) is 12.7. The lowest BCUT2D eigenvalue weighted by molar-refractivity contribution is 1.28. The number of rotatable bonds is 6. The van der Waals surface area contributed by atoms with Crippen molar-refractivity contribution in [3.63, 3.8) is 0 Å². The molecule has 27 heavy (non-hydrogen) atoms. The molecule has 0 amide bonds. The molecule has 2 nitrogen and oxygen atoms in total. The summed E-state index contributed by atoms with van der Waals surface area (Å²) in [7, 11) is 0. The number of hydrogen-bond donors (Lipinski definition) is 0. The minimum Gasteiger partial charge on any atom is -0.257 e. The topological polar surface area (TPSA) is 24.7 Å². The van der Waals surface area contributed by atoms with Crippen LogP contribution in [0.2, 0.25) is 0 Å². The maximum Gasteiger partial charge on any atom is 0.0687 e. The molecule has 0 aliphatic rings. The van der Waals surface area contributed by atoms with Crippen LogP contribution in [0.15, 0.2) is 34.3 Å². The summed E-state index contributed by atoms with van der Waals surface area (Å²) < 4.78 is 0. The molecular formula is C24H32N2S. The van der Waals surface area contributed by atoms with Gasteiger partial charge in [-0.2, -0.15) is 0 Å². The number of aryl methyl sites for hydroxylation is 6. The van der Waals surface area contributed by atoms with E-state index >= 15 is 0 Å². The Morgan fingerprint density at radius 3 is 1.22 bits per heavy atom. The second-order valence-corrected chi connectivity index (χ2v) is 8.67. The Hall–Kier alpha value is -1.87. The normalized spacial score (nSPS) is 12.6. The first-order valence-corrected chi connectivity index (χ1v) is 10.6. The van der Waals surface area contributed by atoms with Crippen LogP contribution in [0.1, 0.15) is 47.2 Å². The summed E-state index contributed by atoms with van der Waals surface area (Å²) in [6, 6.07) is 8.81. The van der Waals surface area contributed by atoms with E-state index in [-0.39, 0.29) is 0 Å². The molecule has 0 aliphatic heterocycles. The SMILES string of the molecule is CC(CSCC(C)=Nc1c(C)cc(C)cc1C)=Nc1c(C)cc(C)cc1C. The summed E-state index contributed by atoms with van der Waals surface area (Å²) in [5.41, 5.74) is 12.1. The first kappa shape index (κ1) is 21.4. The maximum atomic E-state index is 4.87. The molecule has 0 spiro atoms. The van der Waals surface area contributed by atoms with Gasteiger partial charge in [0, 0.05) is 22.9 Å². The molecule has 2 rings (SSSR count). The lowest BCUT2D eigenvalue weighted by atomic mass is 10.1. The molecule has 0 bridgehead atoms. The van der Waals surface area contributed by atoms with Gasteiger partial charge in [0.15, 0.2) is 0 Å². The zero-order valence-electron chi connectivity index (χ0n) is 18.0. The molecule has 144 valence electrons. The minimum atomic E-state index is 0.922. The molecule has 0 radical (unpaired) electrons. The van der Waals surface area contributed by atoms with E-state index in [4.69, 9.17) is 9.98 Å². The van der Waals surface area contributed by atoms with Gasteiger partial charge in [0.25, 0.3) is 0 Å². The zero-order chi connectivity index (χ0) is 20.1. The average Bonchev–Trinajstić information content (AvgIpc) is 2.54. The number of nitrogens with zero attached hydrogens (tertiary/aromatic N) is 2. The lowest BCUT2D eigenvalue weighted by Crippen LogP contribution is -2.02. The van der Waals surface area contributed by atoms with Crippen molar-refractivity contribution in [1.29, 1.82) is 0 Å². The predicted octanol–water partition coefficient (Wildman–Crippen LogP) is 7.16. The Kier molecular flexibility index (Phi) is 7.43. The second-order valence-electron chi connectivity index (χ2n) is 7.68. The second kappa shape index (κ2) is 9.36. The van der Waals surface area contributed by atoms with E-state index in [1.807, 2.05) is 11.8 Å². The van der Waals surface area contributed by atoms with Crippen molar-refractivity contribution >= 4 is 34.6 Å². The highest BCUT2D eigenvalue weighted by Crippen LogP contribution is 2.27. The van der Waals surface area contributed by atoms with E-state index in [2.05, 4.69) is 79.7 Å². The van der Waals surface area contributed by atoms with Crippen molar-refractivity contribution < 1.29 is 0 Å². The third kappa shape index (κ3) is 6.07. The summed E-state index contributed by atoms with van der Waals surface area (Å²) in [5, 5.41) is 0. The van der Waals surface area contributed by atoms with Crippen LogP contribution in [0.25, 0.3) is 0 Å². The van der Waals surface area contributed by atoms with E-state index in [1.165, 1.54) is 33.4 Å². The van der Waals surface area contributed by atoms with Crippen LogP contribution < -0.4 is 0 Å². The standard InChI is InChI=1S/C24H32N2S/c1-15-9-17(3)23(18(4)10-15)25-21(7)13-27-14-22(8)26-24-19(5)11-16(2)12-20(24)6/h9-12H,13-14H2,1-8H3. The highest BCUT2D eigenvalue weighted by molar-refractivity contribution is 8.00. The number of thioether (sulfide) groups is 1. The van der Waals surface area contributed by atoms with Crippen LogP contribution in [0.4, 0.5) is 11.4 Å². The van der Waals surface area contributed by atoms with Gasteiger partial charge in [0.2, 0.25) is 0 Å². The predicted molar refractivity (Wildman–Crippen MR) is 124 cm³/mol. The molecule has 2 aromatic carbocycles. The highest BCUT2D eigenvalue weighted by atomic mass is 32.2. The number of benzene rings is 2. The summed E-state index contributed by atoms with van der Waals surface area (Å²) in [6.45, 7) is 17.1. The van der Waals surface area contributed by atoms with E-state index < -0.39 is 0 Å². The largest absolute Gasteiger partial charge is 0.257 e. The molecule has 2 aromatic rings. The van der Waals surface area contributed by atoms with E-state index in [9.17, 15) is 0 Å². The molecule has 0 saturated carbocycles. The fourth-order valence-corrected chi connectivity index (χ4v) is 4.31. The van der Waals surface area contributed by atoms with Gasteiger partial charge in [0.1, 0.15) is 0 Å². The van der Waals surface area contributed by atoms with Gasteiger partial charge >= 0.3 is 0 Å². The van der Waals surface area contributed by atoms with Crippen LogP contribution in [0.3, 0.4) is 0 Å². The molecule has 0 heterocycles. The van der Waals surface area contributed by atoms with Crippen LogP contribution in [-0.4, -0.2) is 22.9 Å². The average molecular weight is 381 g/mol. The van der Waals surface area contributed by atoms with Crippen molar-refractivity contribution in [1.82, 2.24) is 0 Å². The van der Waals surface area contributed by atoms with Gasteiger partial charge in [-0.25, -0.2) is 0 Å². The molecule has 0 unspecified atom stereocenters. The van der Waals surface area contributed by atoms with Crippen molar-refractivity contribution in [3.8, 4) is 0 Å². The third-order valence-corrected chi connectivity index (χ3v) is 5.74. The van der Waals surface area contributed by atoms with Gasteiger partial charge in [-0.05, 0) is 77.6 Å². The summed E-state index contributed by atoms with van der Waals surface area (Å²) in [6.07, 6.45) is 0. The zero-order valence-corrected chi connectivity index (χ0v) is 18.8. The Morgan fingerprint density at radius 2 is 0.926 bits per heavy atom. The molecule has 3 heteroatoms. The lowest BCUT2D eigenvalue weighted by Gasteiger charge is -2.10. The molecule has 0 aliphatic carbocycles. The number of aliphatic imine (C=N–C) groups is 2. The maximum absolute atomic E-state index is 4.87. The smallest absolute Gasteiger partial charge is 0.0687 e. The highest BCUT2D eigenvalue weighted by Gasteiger charge is 2.05. The van der Waals surface area contributed by atoms with Gasteiger partial charge in [-0.15, -0.1) is 11.8 Å². The molecule has 0 fully saturated rings. The van der Waals surface area contributed by atoms with Crippen LogP contribution in [-0.2, 0) is 0 Å². The van der Waals surface area contributed by atoms with Crippen LogP contribution >= 0.6 is 11.8 Å². The Labute approximate surface area is 169 Å². The van der Waals surface area contributed by atoms with Crippen LogP contribution in [0, 0.1) is 41.5 Å². The molecule has 0 atom stereocenters. The number of hydrogen-bond acceptors (Lipinski definition) is 3.